The van der Waals surface area contributed by atoms with Crippen LogP contribution in [0.1, 0.15) is 11.3 Å². The number of aliphatic imine (C=N–C) groups is 1. The van der Waals surface area contributed by atoms with Crippen LogP contribution in [0.5, 0.6) is 5.75 Å². The van der Waals surface area contributed by atoms with Gasteiger partial charge in [0.1, 0.15) is 11.4 Å². The van der Waals surface area contributed by atoms with Crippen molar-refractivity contribution in [3.8, 4) is 5.75 Å². The number of nitrogens with zero attached hydrogens (tertiary/aromatic N) is 3. The molecule has 0 aliphatic heterocycles. The molecule has 5 heteroatoms. The first kappa shape index (κ1) is 14.4. The van der Waals surface area contributed by atoms with Gasteiger partial charge in [-0.1, -0.05) is 6.07 Å². The fraction of sp³-hybridized carbons (Fsp3) is 0.267. The first-order valence-corrected chi connectivity index (χ1v) is 8.92. The molecule has 0 bridgehead atoms. The van der Waals surface area contributed by atoms with Gasteiger partial charge in [-0.05, 0) is 37.7 Å². The number of aromatic nitrogens is 2. The molecule has 0 N–H and O–H groups in total. The van der Waals surface area contributed by atoms with Crippen LogP contribution >= 0.6 is 0 Å². The van der Waals surface area contributed by atoms with Crippen molar-refractivity contribution in [1.29, 1.82) is 0 Å². The van der Waals surface area contributed by atoms with Crippen molar-refractivity contribution in [3.05, 3.63) is 48.0 Å². The summed E-state index contributed by atoms with van der Waals surface area (Å²) in [7, 11) is -0.794. The van der Waals surface area contributed by atoms with Gasteiger partial charge < -0.3 is 4.43 Å². The maximum Gasteiger partial charge on any atom is 0.274 e. The summed E-state index contributed by atoms with van der Waals surface area (Å²) in [6.07, 6.45) is 7.62. The van der Waals surface area contributed by atoms with Crippen LogP contribution in [0.15, 0.2) is 41.8 Å². The van der Waals surface area contributed by atoms with E-state index in [1.54, 1.807) is 18.6 Å². The van der Waals surface area contributed by atoms with Gasteiger partial charge in [0.25, 0.3) is 9.04 Å². The molecule has 0 aliphatic rings. The van der Waals surface area contributed by atoms with E-state index < -0.39 is 9.04 Å². The van der Waals surface area contributed by atoms with Crippen molar-refractivity contribution >= 4 is 20.9 Å². The monoisotopic (exact) mass is 284 g/mol. The van der Waals surface area contributed by atoms with E-state index in [-0.39, 0.29) is 0 Å². The van der Waals surface area contributed by atoms with Crippen LogP contribution < -0.4 is 4.43 Å². The van der Waals surface area contributed by atoms with E-state index in [1.165, 1.54) is 5.56 Å². The highest BCUT2D eigenvalue weighted by molar-refractivity contribution is 6.49. The summed E-state index contributed by atoms with van der Waals surface area (Å²) in [5.41, 5.74) is 2.95. The molecule has 0 atom stereocenters. The summed E-state index contributed by atoms with van der Waals surface area (Å²) in [6, 6.07) is 6.07. The van der Waals surface area contributed by atoms with Crippen LogP contribution in [0.2, 0.25) is 13.1 Å². The highest BCUT2D eigenvalue weighted by atomic mass is 28.3. The molecule has 0 saturated heterocycles. The summed E-state index contributed by atoms with van der Waals surface area (Å²) >= 11 is 0. The third kappa shape index (κ3) is 4.27. The maximum absolute atomic E-state index is 5.86. The second-order valence-corrected chi connectivity index (χ2v) is 6.71. The fourth-order valence-corrected chi connectivity index (χ4v) is 2.32. The minimum absolute atomic E-state index is 0.664. The average molecular weight is 284 g/mol. The lowest BCUT2D eigenvalue weighted by Gasteiger charge is -2.11. The van der Waals surface area contributed by atoms with Gasteiger partial charge in [0, 0.05) is 31.2 Å². The Labute approximate surface area is 121 Å². The molecule has 2 rings (SSSR count). The standard InChI is InChI=1S/C15H18N3OSi/c1-12-4-5-15(19-20(2)3)14(10-12)18-7-6-13-11-16-8-9-17-13/h4-5,7-11H,6H2,1-3H3. The Bertz CT molecular complexity index is 585. The van der Waals surface area contributed by atoms with Gasteiger partial charge in [-0.15, -0.1) is 0 Å². The third-order valence-electron chi connectivity index (χ3n) is 2.58. The normalized spacial score (nSPS) is 11.2. The van der Waals surface area contributed by atoms with E-state index in [0.29, 0.717) is 6.42 Å². The summed E-state index contributed by atoms with van der Waals surface area (Å²) in [6.45, 7) is 6.27. The van der Waals surface area contributed by atoms with E-state index in [0.717, 1.165) is 17.1 Å². The molecule has 2 aromatic rings. The van der Waals surface area contributed by atoms with Crippen LogP contribution in [0.25, 0.3) is 0 Å². The van der Waals surface area contributed by atoms with Crippen molar-refractivity contribution in [2.24, 2.45) is 4.99 Å². The largest absolute Gasteiger partial charge is 0.541 e. The Morgan fingerprint density at radius 1 is 1.30 bits per heavy atom. The van der Waals surface area contributed by atoms with Gasteiger partial charge in [-0.3, -0.25) is 15.0 Å². The van der Waals surface area contributed by atoms with Crippen molar-refractivity contribution in [1.82, 2.24) is 9.97 Å². The predicted molar refractivity (Wildman–Crippen MR) is 83.2 cm³/mol. The third-order valence-corrected chi connectivity index (χ3v) is 3.20. The molecule has 0 spiro atoms. The first-order chi connectivity index (χ1) is 9.65. The first-order valence-electron chi connectivity index (χ1n) is 6.51. The Hall–Kier alpha value is -2.01. The predicted octanol–water partition coefficient (Wildman–Crippen LogP) is 3.36. The summed E-state index contributed by atoms with van der Waals surface area (Å²) in [4.78, 5) is 12.8. The molecule has 20 heavy (non-hydrogen) atoms. The number of hydrogen-bond donors (Lipinski definition) is 0. The molecule has 1 heterocycles. The lowest BCUT2D eigenvalue weighted by atomic mass is 10.2. The molecule has 0 saturated carbocycles. The molecule has 1 aromatic carbocycles. The Balaban J connectivity index is 2.13. The molecule has 0 unspecified atom stereocenters. The minimum Gasteiger partial charge on any atom is -0.541 e. The molecule has 103 valence electrons. The van der Waals surface area contributed by atoms with Crippen molar-refractivity contribution in [3.63, 3.8) is 0 Å². The number of aryl methyl sites for hydroxylation is 1. The summed E-state index contributed by atoms with van der Waals surface area (Å²) in [5.74, 6) is 0.852. The SMILES string of the molecule is Cc1ccc(O[Si](C)C)c(N=CCc2cnccn2)c1. The molecular formula is C15H18N3OSi. The van der Waals surface area contributed by atoms with Gasteiger partial charge >= 0.3 is 0 Å². The minimum atomic E-state index is -0.794. The Morgan fingerprint density at radius 2 is 2.15 bits per heavy atom. The van der Waals surface area contributed by atoms with Crippen LogP contribution in [0.3, 0.4) is 0 Å². The molecule has 0 amide bonds. The average Bonchev–Trinajstić information content (AvgIpc) is 2.42. The lowest BCUT2D eigenvalue weighted by molar-refractivity contribution is 0.582. The maximum atomic E-state index is 5.86. The van der Waals surface area contributed by atoms with Crippen LogP contribution in [0.4, 0.5) is 5.69 Å². The van der Waals surface area contributed by atoms with Gasteiger partial charge in [-0.25, -0.2) is 0 Å². The molecule has 0 fully saturated rings. The molecule has 4 nitrogen and oxygen atoms in total. The number of hydrogen-bond acceptors (Lipinski definition) is 4. The second kappa shape index (κ2) is 6.95. The highest BCUT2D eigenvalue weighted by Gasteiger charge is 2.06. The van der Waals surface area contributed by atoms with Crippen LogP contribution in [-0.2, 0) is 6.42 Å². The van der Waals surface area contributed by atoms with Gasteiger partial charge in [0.05, 0.1) is 5.69 Å². The Morgan fingerprint density at radius 3 is 2.85 bits per heavy atom. The van der Waals surface area contributed by atoms with Crippen LogP contribution in [0, 0.1) is 6.92 Å². The molecule has 1 radical (unpaired) electrons. The second-order valence-electron chi connectivity index (χ2n) is 4.69. The van der Waals surface area contributed by atoms with E-state index in [9.17, 15) is 0 Å². The van der Waals surface area contributed by atoms with Gasteiger partial charge in [0.15, 0.2) is 0 Å². The topological polar surface area (TPSA) is 47.4 Å². The van der Waals surface area contributed by atoms with Gasteiger partial charge in [0.2, 0.25) is 0 Å². The van der Waals surface area contributed by atoms with E-state index >= 15 is 0 Å². The zero-order chi connectivity index (χ0) is 14.4. The zero-order valence-corrected chi connectivity index (χ0v) is 13.0. The highest BCUT2D eigenvalue weighted by Crippen LogP contribution is 2.28. The van der Waals surface area contributed by atoms with Gasteiger partial charge in [-0.2, -0.15) is 0 Å². The van der Waals surface area contributed by atoms with E-state index in [1.807, 2.05) is 24.4 Å². The van der Waals surface area contributed by atoms with Crippen molar-refractivity contribution in [2.75, 3.05) is 0 Å². The summed E-state index contributed by atoms with van der Waals surface area (Å²) in [5, 5.41) is 0. The van der Waals surface area contributed by atoms with Crippen LogP contribution in [-0.4, -0.2) is 25.2 Å². The van der Waals surface area contributed by atoms with Crippen molar-refractivity contribution < 1.29 is 4.43 Å². The number of rotatable bonds is 5. The van der Waals surface area contributed by atoms with Crippen molar-refractivity contribution in [2.45, 2.75) is 26.4 Å². The molecular weight excluding hydrogens is 266 g/mol. The fourth-order valence-electron chi connectivity index (χ4n) is 1.71. The van der Waals surface area contributed by atoms with E-state index in [4.69, 9.17) is 4.43 Å². The molecule has 0 aliphatic carbocycles. The quantitative estimate of drug-likeness (QED) is 0.625. The summed E-state index contributed by atoms with van der Waals surface area (Å²) < 4.78 is 5.86. The zero-order valence-electron chi connectivity index (χ0n) is 12.0. The lowest BCUT2D eigenvalue weighted by Crippen LogP contribution is -2.11. The number of benzene rings is 1. The molecule has 1 aromatic heterocycles. The smallest absolute Gasteiger partial charge is 0.274 e. The van der Waals surface area contributed by atoms with E-state index in [2.05, 4.69) is 35.0 Å². The Kier molecular flexibility index (Phi) is 5.01.